The molecule has 1 aliphatic rings. The summed E-state index contributed by atoms with van der Waals surface area (Å²) in [6.45, 7) is 3.43. The van der Waals surface area contributed by atoms with Gasteiger partial charge in [0, 0.05) is 31.2 Å². The minimum absolute atomic E-state index is 0.0616. The standard InChI is InChI=1S/C22H22F3N3O/c1-15(29)17-5-6-18(13-26)21(12-17)27-20-7-9-28(10-8-20)14-16-3-2-4-19(11-16)22(23,24)25/h2-6,11-12,20,27H,7-10,14H2,1H3. The first-order chi connectivity index (χ1) is 13.8. The van der Waals surface area contributed by atoms with E-state index in [4.69, 9.17) is 0 Å². The zero-order valence-corrected chi connectivity index (χ0v) is 16.1. The third-order valence-electron chi connectivity index (χ3n) is 5.15. The minimum Gasteiger partial charge on any atom is -0.381 e. The lowest BCUT2D eigenvalue weighted by Crippen LogP contribution is -2.38. The van der Waals surface area contributed by atoms with Gasteiger partial charge in [0.2, 0.25) is 0 Å². The van der Waals surface area contributed by atoms with Crippen molar-refractivity contribution in [2.24, 2.45) is 0 Å². The highest BCUT2D eigenvalue weighted by atomic mass is 19.4. The van der Waals surface area contributed by atoms with Gasteiger partial charge in [-0.05, 0) is 49.6 Å². The molecule has 1 fully saturated rings. The highest BCUT2D eigenvalue weighted by Gasteiger charge is 2.30. The molecule has 2 aromatic rings. The van der Waals surface area contributed by atoms with Gasteiger partial charge in [0.1, 0.15) is 6.07 Å². The predicted octanol–water partition coefficient (Wildman–Crippen LogP) is 4.86. The van der Waals surface area contributed by atoms with E-state index in [1.54, 1.807) is 24.3 Å². The van der Waals surface area contributed by atoms with Gasteiger partial charge in [0.15, 0.2) is 5.78 Å². The van der Waals surface area contributed by atoms with E-state index in [-0.39, 0.29) is 11.8 Å². The van der Waals surface area contributed by atoms with Gasteiger partial charge in [-0.3, -0.25) is 9.69 Å². The van der Waals surface area contributed by atoms with Crippen molar-refractivity contribution in [3.8, 4) is 6.07 Å². The number of piperidine rings is 1. The van der Waals surface area contributed by atoms with E-state index in [1.807, 2.05) is 0 Å². The molecule has 0 bridgehead atoms. The summed E-state index contributed by atoms with van der Waals surface area (Å²) in [5.74, 6) is -0.0616. The molecule has 0 atom stereocenters. The fraction of sp³-hybridized carbons (Fsp3) is 0.364. The predicted molar refractivity (Wildman–Crippen MR) is 105 cm³/mol. The summed E-state index contributed by atoms with van der Waals surface area (Å²) >= 11 is 0. The molecule has 0 spiro atoms. The number of anilines is 1. The van der Waals surface area contributed by atoms with Gasteiger partial charge in [-0.15, -0.1) is 0 Å². The summed E-state index contributed by atoms with van der Waals surface area (Å²) in [5.41, 5.74) is 1.71. The SMILES string of the molecule is CC(=O)c1ccc(C#N)c(NC2CCN(Cc3cccc(C(F)(F)F)c3)CC2)c1. The number of alkyl halides is 3. The average molecular weight is 401 g/mol. The van der Waals surface area contributed by atoms with E-state index in [1.165, 1.54) is 19.1 Å². The summed E-state index contributed by atoms with van der Waals surface area (Å²) in [7, 11) is 0. The normalized spacial score (nSPS) is 15.7. The molecule has 0 amide bonds. The number of hydrogen-bond acceptors (Lipinski definition) is 4. The Morgan fingerprint density at radius 1 is 1.21 bits per heavy atom. The topological polar surface area (TPSA) is 56.1 Å². The van der Waals surface area contributed by atoms with Crippen LogP contribution in [0.1, 0.15) is 46.8 Å². The number of hydrogen-bond donors (Lipinski definition) is 1. The third-order valence-corrected chi connectivity index (χ3v) is 5.15. The van der Waals surface area contributed by atoms with Crippen molar-refractivity contribution in [2.45, 2.75) is 38.5 Å². The van der Waals surface area contributed by atoms with Crippen LogP contribution in [0.5, 0.6) is 0 Å². The molecule has 1 heterocycles. The van der Waals surface area contributed by atoms with Gasteiger partial charge < -0.3 is 5.32 Å². The van der Waals surface area contributed by atoms with Crippen LogP contribution in [0.4, 0.5) is 18.9 Å². The number of Topliss-reactive ketones (excluding diaryl/α,β-unsaturated/α-hetero) is 1. The van der Waals surface area contributed by atoms with Gasteiger partial charge in [0.05, 0.1) is 16.8 Å². The molecule has 7 heteroatoms. The minimum atomic E-state index is -4.33. The van der Waals surface area contributed by atoms with Crippen LogP contribution < -0.4 is 5.32 Å². The Morgan fingerprint density at radius 3 is 2.55 bits per heavy atom. The summed E-state index contributed by atoms with van der Waals surface area (Å²) in [4.78, 5) is 13.7. The number of halogens is 3. The molecule has 2 aromatic carbocycles. The van der Waals surface area contributed by atoms with Crippen molar-refractivity contribution in [3.63, 3.8) is 0 Å². The van der Waals surface area contributed by atoms with Gasteiger partial charge >= 0.3 is 6.18 Å². The first kappa shape index (κ1) is 20.9. The summed E-state index contributed by atoms with van der Waals surface area (Å²) in [5, 5.41) is 12.7. The Bertz CT molecular complexity index is 926. The van der Waals surface area contributed by atoms with E-state index in [0.717, 1.165) is 32.0 Å². The Balaban J connectivity index is 1.60. The van der Waals surface area contributed by atoms with Crippen molar-refractivity contribution in [2.75, 3.05) is 18.4 Å². The monoisotopic (exact) mass is 401 g/mol. The quantitative estimate of drug-likeness (QED) is 0.728. The number of rotatable bonds is 5. The first-order valence-electron chi connectivity index (χ1n) is 9.46. The molecule has 29 heavy (non-hydrogen) atoms. The second kappa shape index (κ2) is 8.66. The maximum Gasteiger partial charge on any atom is 0.416 e. The first-order valence-corrected chi connectivity index (χ1v) is 9.46. The van der Waals surface area contributed by atoms with Crippen LogP contribution in [0.15, 0.2) is 42.5 Å². The lowest BCUT2D eigenvalue weighted by atomic mass is 10.0. The van der Waals surface area contributed by atoms with Crippen molar-refractivity contribution < 1.29 is 18.0 Å². The molecule has 1 N–H and O–H groups in total. The number of nitriles is 1. The van der Waals surface area contributed by atoms with Gasteiger partial charge in [-0.1, -0.05) is 18.2 Å². The van der Waals surface area contributed by atoms with Crippen molar-refractivity contribution >= 4 is 11.5 Å². The maximum atomic E-state index is 12.9. The van der Waals surface area contributed by atoms with Crippen LogP contribution in [0, 0.1) is 11.3 Å². The van der Waals surface area contributed by atoms with Crippen molar-refractivity contribution in [1.82, 2.24) is 4.90 Å². The van der Waals surface area contributed by atoms with Gasteiger partial charge in [-0.2, -0.15) is 18.4 Å². The van der Waals surface area contributed by atoms with E-state index in [0.29, 0.717) is 28.9 Å². The van der Waals surface area contributed by atoms with E-state index < -0.39 is 11.7 Å². The fourth-order valence-electron chi connectivity index (χ4n) is 3.54. The van der Waals surface area contributed by atoms with Crippen molar-refractivity contribution in [3.05, 3.63) is 64.7 Å². The van der Waals surface area contributed by atoms with E-state index >= 15 is 0 Å². The Hall–Kier alpha value is -2.85. The number of benzene rings is 2. The second-order valence-corrected chi connectivity index (χ2v) is 7.32. The van der Waals surface area contributed by atoms with Gasteiger partial charge in [-0.25, -0.2) is 0 Å². The molecule has 1 aliphatic heterocycles. The zero-order valence-electron chi connectivity index (χ0n) is 16.1. The Morgan fingerprint density at radius 2 is 1.93 bits per heavy atom. The Kier molecular flexibility index (Phi) is 6.23. The molecule has 0 saturated carbocycles. The van der Waals surface area contributed by atoms with Crippen LogP contribution in [-0.2, 0) is 12.7 Å². The molecule has 0 aromatic heterocycles. The van der Waals surface area contributed by atoms with E-state index in [2.05, 4.69) is 16.3 Å². The van der Waals surface area contributed by atoms with Gasteiger partial charge in [0.25, 0.3) is 0 Å². The molecular weight excluding hydrogens is 379 g/mol. The molecule has 4 nitrogen and oxygen atoms in total. The van der Waals surface area contributed by atoms with Crippen molar-refractivity contribution in [1.29, 1.82) is 5.26 Å². The number of likely N-dealkylation sites (tertiary alicyclic amines) is 1. The number of ketones is 1. The molecule has 0 aliphatic carbocycles. The zero-order chi connectivity index (χ0) is 21.0. The summed E-state index contributed by atoms with van der Waals surface area (Å²) in [6, 6.07) is 12.7. The molecule has 152 valence electrons. The number of nitrogens with one attached hydrogen (secondary N) is 1. The van der Waals surface area contributed by atoms with E-state index in [9.17, 15) is 23.2 Å². The van der Waals surface area contributed by atoms with Crippen LogP contribution in [0.2, 0.25) is 0 Å². The molecule has 0 radical (unpaired) electrons. The molecular formula is C22H22F3N3O. The summed E-state index contributed by atoms with van der Waals surface area (Å²) < 4.78 is 38.6. The maximum absolute atomic E-state index is 12.9. The lowest BCUT2D eigenvalue weighted by molar-refractivity contribution is -0.137. The molecule has 3 rings (SSSR count). The molecule has 0 unspecified atom stereocenters. The van der Waals surface area contributed by atoms with Crippen LogP contribution >= 0.6 is 0 Å². The van der Waals surface area contributed by atoms with Crippen LogP contribution in [0.25, 0.3) is 0 Å². The second-order valence-electron chi connectivity index (χ2n) is 7.32. The number of carbonyl (C=O) groups is 1. The lowest BCUT2D eigenvalue weighted by Gasteiger charge is -2.33. The van der Waals surface area contributed by atoms with Crippen LogP contribution in [0.3, 0.4) is 0 Å². The van der Waals surface area contributed by atoms with Crippen LogP contribution in [-0.4, -0.2) is 29.8 Å². The number of nitrogens with zero attached hydrogens (tertiary/aromatic N) is 2. The molecule has 1 saturated heterocycles. The average Bonchev–Trinajstić information content (AvgIpc) is 2.69. The number of carbonyl (C=O) groups excluding carboxylic acids is 1. The summed E-state index contributed by atoms with van der Waals surface area (Å²) in [6.07, 6.45) is -2.73. The Labute approximate surface area is 167 Å². The highest BCUT2D eigenvalue weighted by molar-refractivity contribution is 5.95. The fourth-order valence-corrected chi connectivity index (χ4v) is 3.54. The third kappa shape index (κ3) is 5.36. The highest BCUT2D eigenvalue weighted by Crippen LogP contribution is 2.30. The largest absolute Gasteiger partial charge is 0.416 e. The smallest absolute Gasteiger partial charge is 0.381 e.